The summed E-state index contributed by atoms with van der Waals surface area (Å²) in [7, 11) is -3.79. The van der Waals surface area contributed by atoms with Crippen molar-refractivity contribution in [2.45, 2.75) is 6.92 Å². The molecular formula is C10H13N3O2S. The van der Waals surface area contributed by atoms with E-state index in [-0.39, 0.29) is 6.54 Å². The van der Waals surface area contributed by atoms with E-state index in [0.29, 0.717) is 11.3 Å². The Kier molecular flexibility index (Phi) is 3.90. The molecule has 0 spiro atoms. The second-order valence-corrected chi connectivity index (χ2v) is 4.50. The second kappa shape index (κ2) is 4.99. The number of nitrogens with one attached hydrogen (secondary N) is 1. The van der Waals surface area contributed by atoms with Gasteiger partial charge in [-0.2, -0.15) is 8.42 Å². The first-order chi connectivity index (χ1) is 7.42. The highest BCUT2D eigenvalue weighted by atomic mass is 32.2. The number of benzene rings is 1. The van der Waals surface area contributed by atoms with Gasteiger partial charge in [0.15, 0.2) is 0 Å². The fourth-order valence-corrected chi connectivity index (χ4v) is 1.63. The fraction of sp³-hybridized carbons (Fsp3) is 0.200. The van der Waals surface area contributed by atoms with Crippen LogP contribution in [0.1, 0.15) is 11.1 Å². The molecular weight excluding hydrogens is 226 g/mol. The summed E-state index contributed by atoms with van der Waals surface area (Å²) in [4.78, 5) is 0. The molecule has 0 aliphatic carbocycles. The summed E-state index contributed by atoms with van der Waals surface area (Å²) < 4.78 is 24.0. The largest absolute Gasteiger partial charge is 0.320 e. The van der Waals surface area contributed by atoms with Crippen molar-refractivity contribution in [3.8, 4) is 11.8 Å². The molecule has 5 nitrogen and oxygen atoms in total. The average molecular weight is 239 g/mol. The van der Waals surface area contributed by atoms with Gasteiger partial charge in [-0.15, -0.1) is 0 Å². The van der Waals surface area contributed by atoms with Gasteiger partial charge < -0.3 is 5.73 Å². The molecule has 0 aliphatic rings. The molecule has 86 valence electrons. The minimum Gasteiger partial charge on any atom is -0.320 e. The molecule has 16 heavy (non-hydrogen) atoms. The van der Waals surface area contributed by atoms with Gasteiger partial charge in [0, 0.05) is 5.56 Å². The van der Waals surface area contributed by atoms with Gasteiger partial charge in [0.05, 0.1) is 12.2 Å². The van der Waals surface area contributed by atoms with Crippen LogP contribution in [0.2, 0.25) is 0 Å². The van der Waals surface area contributed by atoms with Crippen LogP contribution in [0.15, 0.2) is 18.2 Å². The lowest BCUT2D eigenvalue weighted by Gasteiger charge is -2.06. The van der Waals surface area contributed by atoms with Crippen molar-refractivity contribution in [3.05, 3.63) is 29.3 Å². The molecule has 0 saturated heterocycles. The fourth-order valence-electron chi connectivity index (χ4n) is 1.15. The minimum atomic E-state index is -3.79. The molecule has 0 aliphatic heterocycles. The lowest BCUT2D eigenvalue weighted by atomic mass is 10.1. The zero-order chi connectivity index (χ0) is 12.2. The number of rotatable bonds is 2. The van der Waals surface area contributed by atoms with Gasteiger partial charge in [0.1, 0.15) is 0 Å². The third kappa shape index (κ3) is 3.90. The van der Waals surface area contributed by atoms with Crippen LogP contribution in [0.4, 0.5) is 5.69 Å². The maximum absolute atomic E-state index is 10.9. The van der Waals surface area contributed by atoms with Gasteiger partial charge in [-0.1, -0.05) is 17.9 Å². The number of anilines is 1. The van der Waals surface area contributed by atoms with Gasteiger partial charge in [-0.3, -0.25) is 4.72 Å². The highest BCUT2D eigenvalue weighted by molar-refractivity contribution is 7.90. The number of aryl methyl sites for hydroxylation is 1. The maximum Gasteiger partial charge on any atom is 0.296 e. The summed E-state index contributed by atoms with van der Waals surface area (Å²) in [5, 5.41) is 4.89. The van der Waals surface area contributed by atoms with Crippen molar-refractivity contribution < 1.29 is 8.42 Å². The lowest BCUT2D eigenvalue weighted by Crippen LogP contribution is -2.22. The maximum atomic E-state index is 10.9. The zero-order valence-electron chi connectivity index (χ0n) is 8.82. The lowest BCUT2D eigenvalue weighted by molar-refractivity contribution is 0.603. The molecule has 1 rings (SSSR count). The average Bonchev–Trinajstić information content (AvgIpc) is 2.16. The molecule has 5 N–H and O–H groups in total. The first-order valence-electron chi connectivity index (χ1n) is 4.52. The monoisotopic (exact) mass is 239 g/mol. The van der Waals surface area contributed by atoms with Crippen molar-refractivity contribution in [3.63, 3.8) is 0 Å². The Morgan fingerprint density at radius 1 is 1.44 bits per heavy atom. The summed E-state index contributed by atoms with van der Waals surface area (Å²) in [6, 6.07) is 5.14. The predicted octanol–water partition coefficient (Wildman–Crippen LogP) is -0.0794. The van der Waals surface area contributed by atoms with Gasteiger partial charge in [-0.25, -0.2) is 5.14 Å². The molecule has 0 amide bonds. The predicted molar refractivity (Wildman–Crippen MR) is 63.8 cm³/mol. The topological polar surface area (TPSA) is 98.2 Å². The van der Waals surface area contributed by atoms with Crippen LogP contribution in [-0.2, 0) is 10.2 Å². The molecule has 0 bridgehead atoms. The Hall–Kier alpha value is -1.55. The number of hydrogen-bond donors (Lipinski definition) is 3. The van der Waals surface area contributed by atoms with E-state index in [1.54, 1.807) is 18.2 Å². The summed E-state index contributed by atoms with van der Waals surface area (Å²) >= 11 is 0. The van der Waals surface area contributed by atoms with Gasteiger partial charge in [0.2, 0.25) is 0 Å². The molecule has 1 aromatic rings. The summed E-state index contributed by atoms with van der Waals surface area (Å²) in [6.07, 6.45) is 0. The van der Waals surface area contributed by atoms with Crippen LogP contribution in [-0.4, -0.2) is 15.0 Å². The Balaban J connectivity index is 3.17. The highest BCUT2D eigenvalue weighted by Gasteiger charge is 2.06. The van der Waals surface area contributed by atoms with E-state index in [0.717, 1.165) is 5.56 Å². The number of hydrogen-bond acceptors (Lipinski definition) is 3. The van der Waals surface area contributed by atoms with E-state index in [1.807, 2.05) is 6.92 Å². The van der Waals surface area contributed by atoms with Crippen molar-refractivity contribution >= 4 is 15.9 Å². The van der Waals surface area contributed by atoms with E-state index >= 15 is 0 Å². The van der Waals surface area contributed by atoms with Crippen LogP contribution in [0, 0.1) is 18.8 Å². The van der Waals surface area contributed by atoms with Gasteiger partial charge >= 0.3 is 0 Å². The standard InChI is InChI=1S/C10H13N3O2S/c1-8-4-5-10(13-16(12,14)15)9(7-8)3-2-6-11/h4-5,7,13H,6,11H2,1H3,(H2,12,14,15). The van der Waals surface area contributed by atoms with Crippen LogP contribution < -0.4 is 15.6 Å². The van der Waals surface area contributed by atoms with Crippen LogP contribution in [0.25, 0.3) is 0 Å². The van der Waals surface area contributed by atoms with Crippen molar-refractivity contribution in [2.75, 3.05) is 11.3 Å². The molecule has 0 aromatic heterocycles. The van der Waals surface area contributed by atoms with Gasteiger partial charge in [-0.05, 0) is 24.6 Å². The summed E-state index contributed by atoms with van der Waals surface area (Å²) in [5.41, 5.74) is 7.14. The quantitative estimate of drug-likeness (QED) is 0.629. The normalized spacial score (nSPS) is 10.4. The van der Waals surface area contributed by atoms with Crippen molar-refractivity contribution in [1.82, 2.24) is 0 Å². The molecule has 6 heteroatoms. The SMILES string of the molecule is Cc1ccc(NS(N)(=O)=O)c(C#CCN)c1. The first kappa shape index (κ1) is 12.5. The molecule has 0 fully saturated rings. The molecule has 0 saturated carbocycles. The third-order valence-electron chi connectivity index (χ3n) is 1.75. The second-order valence-electron chi connectivity index (χ2n) is 3.20. The van der Waals surface area contributed by atoms with E-state index in [4.69, 9.17) is 10.9 Å². The highest BCUT2D eigenvalue weighted by Crippen LogP contribution is 2.16. The van der Waals surface area contributed by atoms with E-state index in [9.17, 15) is 8.42 Å². The first-order valence-corrected chi connectivity index (χ1v) is 6.07. The van der Waals surface area contributed by atoms with Crippen LogP contribution in [0.3, 0.4) is 0 Å². The minimum absolute atomic E-state index is 0.211. The molecule has 0 heterocycles. The van der Waals surface area contributed by atoms with Gasteiger partial charge in [0.25, 0.3) is 10.2 Å². The van der Waals surface area contributed by atoms with Crippen molar-refractivity contribution in [1.29, 1.82) is 0 Å². The van der Waals surface area contributed by atoms with E-state index in [2.05, 4.69) is 16.6 Å². The Morgan fingerprint density at radius 3 is 2.69 bits per heavy atom. The molecule has 1 aromatic carbocycles. The smallest absolute Gasteiger partial charge is 0.296 e. The van der Waals surface area contributed by atoms with Crippen molar-refractivity contribution in [2.24, 2.45) is 10.9 Å². The Morgan fingerprint density at radius 2 is 2.12 bits per heavy atom. The molecule has 0 atom stereocenters. The third-order valence-corrected chi connectivity index (χ3v) is 2.26. The Labute approximate surface area is 95.0 Å². The molecule has 0 radical (unpaired) electrons. The summed E-state index contributed by atoms with van der Waals surface area (Å²) in [6.45, 7) is 2.09. The van der Waals surface area contributed by atoms with E-state index in [1.165, 1.54) is 0 Å². The number of nitrogens with two attached hydrogens (primary N) is 2. The summed E-state index contributed by atoms with van der Waals surface area (Å²) in [5.74, 6) is 5.44. The van der Waals surface area contributed by atoms with Crippen LogP contribution >= 0.6 is 0 Å². The zero-order valence-corrected chi connectivity index (χ0v) is 9.64. The molecule has 0 unspecified atom stereocenters. The van der Waals surface area contributed by atoms with E-state index < -0.39 is 10.2 Å². The van der Waals surface area contributed by atoms with Crippen LogP contribution in [0.5, 0.6) is 0 Å². The Bertz CT molecular complexity index is 541.